The van der Waals surface area contributed by atoms with Gasteiger partial charge in [-0.05, 0) is 19.1 Å². The minimum atomic E-state index is -0.507. The van der Waals surface area contributed by atoms with E-state index in [1.54, 1.807) is 0 Å². The molecule has 0 aliphatic heterocycles. The molecule has 0 aliphatic carbocycles. The lowest BCUT2D eigenvalue weighted by molar-refractivity contribution is -0.139. The smallest absolute Gasteiger partial charge is 0.336 e. The van der Waals surface area contributed by atoms with Gasteiger partial charge in [0.2, 0.25) is 0 Å². The maximum Gasteiger partial charge on any atom is 0.336 e. The summed E-state index contributed by atoms with van der Waals surface area (Å²) in [6, 6.07) is 9.43. The van der Waals surface area contributed by atoms with E-state index in [1.807, 2.05) is 30.3 Å². The normalized spacial score (nSPS) is 11.0. The molecule has 1 aromatic carbocycles. The highest BCUT2D eigenvalue weighted by atomic mass is 16.5. The van der Waals surface area contributed by atoms with Crippen molar-refractivity contribution >= 4 is 5.97 Å². The highest BCUT2D eigenvalue weighted by Gasteiger charge is 2.04. The average Bonchev–Trinajstić information content (AvgIpc) is 2.38. The second-order valence-corrected chi connectivity index (χ2v) is 3.46. The molecule has 4 nitrogen and oxygen atoms in total. The Hall–Kier alpha value is -1.97. The predicted molar refractivity (Wildman–Crippen MR) is 63.9 cm³/mol. The Morgan fingerprint density at radius 3 is 2.65 bits per heavy atom. The first-order valence-corrected chi connectivity index (χ1v) is 5.40. The van der Waals surface area contributed by atoms with Gasteiger partial charge in [-0.2, -0.15) is 0 Å². The van der Waals surface area contributed by atoms with Crippen LogP contribution in [0.15, 0.2) is 42.2 Å². The van der Waals surface area contributed by atoms with Crippen molar-refractivity contribution < 1.29 is 19.4 Å². The Bertz CT molecular complexity index is 370. The van der Waals surface area contributed by atoms with E-state index in [4.69, 9.17) is 14.6 Å². The van der Waals surface area contributed by atoms with Crippen LogP contribution >= 0.6 is 0 Å². The summed E-state index contributed by atoms with van der Waals surface area (Å²) >= 11 is 0. The van der Waals surface area contributed by atoms with Crippen LogP contribution in [0.5, 0.6) is 5.75 Å². The molecule has 1 N–H and O–H groups in total. The summed E-state index contributed by atoms with van der Waals surface area (Å²) in [5, 5.41) is 8.57. The van der Waals surface area contributed by atoms with Crippen molar-refractivity contribution in [2.24, 2.45) is 0 Å². The lowest BCUT2D eigenvalue weighted by atomic mass is 10.3. The molecule has 0 saturated carbocycles. The van der Waals surface area contributed by atoms with Crippen LogP contribution in [-0.2, 0) is 9.53 Å². The van der Waals surface area contributed by atoms with Gasteiger partial charge >= 0.3 is 5.97 Å². The van der Waals surface area contributed by atoms with E-state index in [0.29, 0.717) is 13.0 Å². The van der Waals surface area contributed by atoms with Crippen LogP contribution < -0.4 is 4.74 Å². The lowest BCUT2D eigenvalue weighted by Gasteiger charge is -2.06. The Morgan fingerprint density at radius 2 is 2.00 bits per heavy atom. The molecule has 0 heterocycles. The van der Waals surface area contributed by atoms with Gasteiger partial charge in [-0.1, -0.05) is 18.2 Å². The van der Waals surface area contributed by atoms with Gasteiger partial charge < -0.3 is 14.6 Å². The number of ether oxygens (including phenoxy) is 2. The molecule has 1 rings (SSSR count). The first kappa shape index (κ1) is 13.1. The minimum absolute atomic E-state index is 0.189. The fourth-order valence-electron chi connectivity index (χ4n) is 1.10. The number of aliphatic hydroxyl groups is 1. The molecule has 0 radical (unpaired) electrons. The van der Waals surface area contributed by atoms with Crippen LogP contribution in [0.4, 0.5) is 0 Å². The van der Waals surface area contributed by atoms with Crippen LogP contribution in [0.1, 0.15) is 13.3 Å². The van der Waals surface area contributed by atoms with Crippen LogP contribution in [0, 0.1) is 0 Å². The van der Waals surface area contributed by atoms with Gasteiger partial charge in [-0.3, -0.25) is 0 Å². The lowest BCUT2D eigenvalue weighted by Crippen LogP contribution is -2.09. The van der Waals surface area contributed by atoms with E-state index in [-0.39, 0.29) is 12.2 Å². The maximum atomic E-state index is 11.1. The van der Waals surface area contributed by atoms with E-state index in [1.165, 1.54) is 6.92 Å². The summed E-state index contributed by atoms with van der Waals surface area (Å²) in [4.78, 5) is 11.1. The molecule has 0 fully saturated rings. The molecule has 1 aromatic rings. The molecule has 0 unspecified atom stereocenters. The number of carbonyl (C=O) groups excluding carboxylic acids is 1. The number of hydrogen-bond donors (Lipinski definition) is 1. The minimum Gasteiger partial charge on any atom is -0.515 e. The summed E-state index contributed by atoms with van der Waals surface area (Å²) in [6.07, 6.45) is 1.35. The van der Waals surface area contributed by atoms with Gasteiger partial charge in [0.05, 0.1) is 25.0 Å². The zero-order valence-electron chi connectivity index (χ0n) is 9.76. The number of esters is 1. The molecule has 0 spiro atoms. The van der Waals surface area contributed by atoms with Crippen molar-refractivity contribution in [1.82, 2.24) is 0 Å². The number of para-hydroxylation sites is 1. The van der Waals surface area contributed by atoms with Gasteiger partial charge in [0.15, 0.2) is 0 Å². The van der Waals surface area contributed by atoms with E-state index in [0.717, 1.165) is 12.0 Å². The Balaban J connectivity index is 2.11. The third kappa shape index (κ3) is 5.06. The molecule has 17 heavy (non-hydrogen) atoms. The zero-order valence-corrected chi connectivity index (χ0v) is 9.76. The fourth-order valence-corrected chi connectivity index (χ4v) is 1.10. The molecule has 0 saturated heterocycles. The van der Waals surface area contributed by atoms with Crippen molar-refractivity contribution in [3.05, 3.63) is 42.2 Å². The number of hydrogen-bond acceptors (Lipinski definition) is 4. The molecule has 4 heteroatoms. The fraction of sp³-hybridized carbons (Fsp3) is 0.308. The molecule has 0 amide bonds. The molecular weight excluding hydrogens is 220 g/mol. The number of aliphatic hydroxyl groups excluding tert-OH is 1. The van der Waals surface area contributed by atoms with Crippen molar-refractivity contribution in [3.63, 3.8) is 0 Å². The third-order valence-corrected chi connectivity index (χ3v) is 2.05. The maximum absolute atomic E-state index is 11.1. The topological polar surface area (TPSA) is 55.8 Å². The van der Waals surface area contributed by atoms with Crippen LogP contribution in [0.3, 0.4) is 0 Å². The number of benzene rings is 1. The summed E-state index contributed by atoms with van der Waals surface area (Å²) in [5.41, 5.74) is 0.189. The predicted octanol–water partition coefficient (Wildman–Crippen LogP) is 2.46. The monoisotopic (exact) mass is 236 g/mol. The third-order valence-electron chi connectivity index (χ3n) is 2.05. The zero-order chi connectivity index (χ0) is 12.5. The Kier molecular flexibility index (Phi) is 5.64. The van der Waals surface area contributed by atoms with Crippen molar-refractivity contribution in [2.45, 2.75) is 13.3 Å². The summed E-state index contributed by atoms with van der Waals surface area (Å²) < 4.78 is 10.3. The van der Waals surface area contributed by atoms with Gasteiger partial charge in [0.1, 0.15) is 5.75 Å². The van der Waals surface area contributed by atoms with E-state index in [2.05, 4.69) is 0 Å². The summed E-state index contributed by atoms with van der Waals surface area (Å²) in [6.45, 7) is 2.25. The first-order chi connectivity index (χ1) is 8.24. The molecule has 0 bridgehead atoms. The van der Waals surface area contributed by atoms with E-state index in [9.17, 15) is 4.79 Å². The standard InChI is InChI=1S/C13H16O4/c1-11(10-14)13(15)17-9-5-8-16-12-6-3-2-4-7-12/h2-4,6-7,10,14H,5,8-9H2,1H3. The Labute approximate surface area is 100 Å². The highest BCUT2D eigenvalue weighted by molar-refractivity contribution is 5.87. The van der Waals surface area contributed by atoms with Crippen molar-refractivity contribution in [2.75, 3.05) is 13.2 Å². The van der Waals surface area contributed by atoms with Gasteiger partial charge in [-0.15, -0.1) is 0 Å². The Morgan fingerprint density at radius 1 is 1.29 bits per heavy atom. The van der Waals surface area contributed by atoms with Gasteiger partial charge in [-0.25, -0.2) is 4.79 Å². The van der Waals surface area contributed by atoms with Crippen molar-refractivity contribution in [1.29, 1.82) is 0 Å². The summed E-state index contributed by atoms with van der Waals surface area (Å²) in [5.74, 6) is 0.289. The average molecular weight is 236 g/mol. The molecule has 0 aromatic heterocycles. The molecule has 0 atom stereocenters. The highest BCUT2D eigenvalue weighted by Crippen LogP contribution is 2.08. The second kappa shape index (κ2) is 7.33. The van der Waals surface area contributed by atoms with Gasteiger partial charge in [0, 0.05) is 6.42 Å². The second-order valence-electron chi connectivity index (χ2n) is 3.46. The van der Waals surface area contributed by atoms with E-state index >= 15 is 0 Å². The van der Waals surface area contributed by atoms with Gasteiger partial charge in [0.25, 0.3) is 0 Å². The molecular formula is C13H16O4. The van der Waals surface area contributed by atoms with E-state index < -0.39 is 5.97 Å². The van der Waals surface area contributed by atoms with Crippen LogP contribution in [-0.4, -0.2) is 24.3 Å². The number of rotatable bonds is 6. The number of carbonyl (C=O) groups is 1. The SMILES string of the molecule is CC(=CO)C(=O)OCCCOc1ccccc1. The first-order valence-electron chi connectivity index (χ1n) is 5.40. The molecule has 92 valence electrons. The molecule has 0 aliphatic rings. The largest absolute Gasteiger partial charge is 0.515 e. The summed E-state index contributed by atoms with van der Waals surface area (Å²) in [7, 11) is 0. The van der Waals surface area contributed by atoms with Crippen LogP contribution in [0.2, 0.25) is 0 Å². The van der Waals surface area contributed by atoms with Crippen LogP contribution in [0.25, 0.3) is 0 Å². The van der Waals surface area contributed by atoms with Crippen molar-refractivity contribution in [3.8, 4) is 5.75 Å². The quantitative estimate of drug-likeness (QED) is 0.357.